The maximum Gasteiger partial charge on any atom is 0.218 e. The number of rotatable bonds is 2. The highest BCUT2D eigenvalue weighted by Crippen LogP contribution is 2.38. The first-order valence-corrected chi connectivity index (χ1v) is 8.03. The number of benzene rings is 2. The van der Waals surface area contributed by atoms with Gasteiger partial charge in [0.05, 0.1) is 5.52 Å². The topological polar surface area (TPSA) is 72.8 Å². The van der Waals surface area contributed by atoms with Crippen LogP contribution in [0.5, 0.6) is 5.88 Å². The summed E-state index contributed by atoms with van der Waals surface area (Å²) in [6.07, 6.45) is 0. The second kappa shape index (κ2) is 6.47. The van der Waals surface area contributed by atoms with Crippen LogP contribution in [0.15, 0.2) is 57.2 Å². The second-order valence-corrected chi connectivity index (χ2v) is 6.23. The molecule has 1 aromatic heterocycles. The molecule has 5 nitrogen and oxygen atoms in total. The Morgan fingerprint density at radius 1 is 1.26 bits per heavy atom. The van der Waals surface area contributed by atoms with Gasteiger partial charge in [0.2, 0.25) is 11.0 Å². The molecule has 3 N–H and O–H groups in total. The van der Waals surface area contributed by atoms with Gasteiger partial charge in [-0.3, -0.25) is 0 Å². The second-order valence-electron chi connectivity index (χ2n) is 4.98. The molecule has 0 spiro atoms. The number of aromatic amines is 1. The SMILES string of the molecule is Cc1cccc(NC(=S)N=Nc2c(O)[nH]c3c(Br)cccc23)c1. The van der Waals surface area contributed by atoms with Crippen molar-refractivity contribution < 1.29 is 5.11 Å². The molecule has 23 heavy (non-hydrogen) atoms. The summed E-state index contributed by atoms with van der Waals surface area (Å²) in [5.41, 5.74) is 3.08. The zero-order chi connectivity index (χ0) is 16.4. The Balaban J connectivity index is 1.84. The van der Waals surface area contributed by atoms with Gasteiger partial charge in [0, 0.05) is 15.5 Å². The van der Waals surface area contributed by atoms with Gasteiger partial charge in [-0.05, 0) is 58.8 Å². The first-order chi connectivity index (χ1) is 11.0. The van der Waals surface area contributed by atoms with Crippen molar-refractivity contribution in [2.75, 3.05) is 5.32 Å². The normalized spacial score (nSPS) is 11.2. The van der Waals surface area contributed by atoms with E-state index in [2.05, 4.69) is 36.5 Å². The first kappa shape index (κ1) is 15.6. The van der Waals surface area contributed by atoms with Crippen molar-refractivity contribution in [3.63, 3.8) is 0 Å². The summed E-state index contributed by atoms with van der Waals surface area (Å²) in [5, 5.41) is 22.0. The van der Waals surface area contributed by atoms with Crippen molar-refractivity contribution >= 4 is 55.5 Å². The number of aryl methyl sites for hydroxylation is 1. The van der Waals surface area contributed by atoms with Crippen LogP contribution in [0, 0.1) is 6.92 Å². The fraction of sp³-hybridized carbons (Fsp3) is 0.0625. The van der Waals surface area contributed by atoms with E-state index in [0.29, 0.717) is 5.69 Å². The summed E-state index contributed by atoms with van der Waals surface area (Å²) in [6, 6.07) is 13.4. The van der Waals surface area contributed by atoms with E-state index in [-0.39, 0.29) is 11.0 Å². The Hall–Kier alpha value is -2.25. The van der Waals surface area contributed by atoms with Gasteiger partial charge in [0.1, 0.15) is 0 Å². The number of aromatic hydroxyl groups is 1. The van der Waals surface area contributed by atoms with Gasteiger partial charge in [-0.25, -0.2) is 0 Å². The number of thiocarbonyl (C=S) groups is 1. The molecule has 0 unspecified atom stereocenters. The third-order valence-corrected chi connectivity index (χ3v) is 4.09. The highest BCUT2D eigenvalue weighted by molar-refractivity contribution is 9.10. The summed E-state index contributed by atoms with van der Waals surface area (Å²) in [6.45, 7) is 2.00. The van der Waals surface area contributed by atoms with Crippen LogP contribution in [0.2, 0.25) is 0 Å². The summed E-state index contributed by atoms with van der Waals surface area (Å²) >= 11 is 8.59. The van der Waals surface area contributed by atoms with Crippen molar-refractivity contribution in [1.82, 2.24) is 4.98 Å². The molecule has 0 aliphatic carbocycles. The summed E-state index contributed by atoms with van der Waals surface area (Å²) in [7, 11) is 0. The number of nitrogens with one attached hydrogen (secondary N) is 2. The highest BCUT2D eigenvalue weighted by atomic mass is 79.9. The largest absolute Gasteiger partial charge is 0.493 e. The summed E-state index contributed by atoms with van der Waals surface area (Å²) in [4.78, 5) is 2.87. The van der Waals surface area contributed by atoms with Crippen LogP contribution >= 0.6 is 28.1 Å². The lowest BCUT2D eigenvalue weighted by atomic mass is 10.2. The molecule has 2 aromatic carbocycles. The molecule has 0 aliphatic heterocycles. The van der Waals surface area contributed by atoms with Crippen molar-refractivity contribution in [2.24, 2.45) is 10.2 Å². The molecular weight excluding hydrogens is 376 g/mol. The predicted octanol–water partition coefficient (Wildman–Crippen LogP) is 5.43. The number of hydrogen-bond donors (Lipinski definition) is 3. The number of H-pyrrole nitrogens is 1. The number of anilines is 1. The molecule has 0 fully saturated rings. The van der Waals surface area contributed by atoms with Crippen molar-refractivity contribution in [3.8, 4) is 5.88 Å². The van der Waals surface area contributed by atoms with Gasteiger partial charge in [-0.2, -0.15) is 0 Å². The molecule has 0 radical (unpaired) electrons. The van der Waals surface area contributed by atoms with Crippen LogP contribution in [0.1, 0.15) is 5.56 Å². The van der Waals surface area contributed by atoms with Gasteiger partial charge in [0.15, 0.2) is 5.69 Å². The van der Waals surface area contributed by atoms with Crippen molar-refractivity contribution in [1.29, 1.82) is 0 Å². The number of nitrogens with zero attached hydrogens (tertiary/aromatic N) is 2. The van der Waals surface area contributed by atoms with Gasteiger partial charge >= 0.3 is 0 Å². The third-order valence-electron chi connectivity index (χ3n) is 3.25. The minimum absolute atomic E-state index is 0.0472. The van der Waals surface area contributed by atoms with E-state index in [1.165, 1.54) is 0 Å². The Morgan fingerprint density at radius 3 is 2.83 bits per heavy atom. The fourth-order valence-corrected chi connectivity index (χ4v) is 2.85. The number of fused-ring (bicyclic) bond motifs is 1. The van der Waals surface area contributed by atoms with Crippen LogP contribution < -0.4 is 5.32 Å². The molecule has 0 atom stereocenters. The van der Waals surface area contributed by atoms with Gasteiger partial charge in [-0.15, -0.1) is 10.2 Å². The number of para-hydroxylation sites is 1. The zero-order valence-corrected chi connectivity index (χ0v) is 14.6. The average molecular weight is 389 g/mol. The predicted molar refractivity (Wildman–Crippen MR) is 99.6 cm³/mol. The molecule has 116 valence electrons. The molecular formula is C16H13BrN4OS. The fourth-order valence-electron chi connectivity index (χ4n) is 2.22. The molecule has 3 aromatic rings. The van der Waals surface area contributed by atoms with Crippen LogP contribution in [0.25, 0.3) is 10.9 Å². The van der Waals surface area contributed by atoms with Crippen molar-refractivity contribution in [2.45, 2.75) is 6.92 Å². The Morgan fingerprint density at radius 2 is 2.04 bits per heavy atom. The smallest absolute Gasteiger partial charge is 0.218 e. The van der Waals surface area contributed by atoms with Gasteiger partial charge in [0.25, 0.3) is 0 Å². The van der Waals surface area contributed by atoms with E-state index >= 15 is 0 Å². The third kappa shape index (κ3) is 3.40. The first-order valence-electron chi connectivity index (χ1n) is 6.83. The number of azo groups is 1. The Labute approximate surface area is 146 Å². The Kier molecular flexibility index (Phi) is 4.40. The standard InChI is InChI=1S/C16H13BrN4OS/c1-9-4-2-5-10(8-9)18-16(23)21-20-14-11-6-3-7-12(17)13(11)19-15(14)22/h2-8,19,22H,1H3,(H,18,23). The van der Waals surface area contributed by atoms with Crippen molar-refractivity contribution in [3.05, 3.63) is 52.5 Å². The number of hydrogen-bond acceptors (Lipinski definition) is 3. The molecule has 1 heterocycles. The number of halogens is 1. The monoisotopic (exact) mass is 388 g/mol. The molecule has 0 saturated heterocycles. The zero-order valence-electron chi connectivity index (χ0n) is 12.2. The minimum atomic E-state index is -0.0472. The van der Waals surface area contributed by atoms with E-state index in [1.54, 1.807) is 0 Å². The lowest BCUT2D eigenvalue weighted by molar-refractivity contribution is 0.459. The maximum absolute atomic E-state index is 10.0. The Bertz CT molecular complexity index is 920. The molecule has 7 heteroatoms. The van der Waals surface area contributed by atoms with Gasteiger partial charge < -0.3 is 15.4 Å². The van der Waals surface area contributed by atoms with Gasteiger partial charge in [-0.1, -0.05) is 24.3 Å². The average Bonchev–Trinajstić information content (AvgIpc) is 2.82. The molecule has 0 bridgehead atoms. The quantitative estimate of drug-likeness (QED) is 0.405. The minimum Gasteiger partial charge on any atom is -0.493 e. The molecule has 0 amide bonds. The van der Waals surface area contributed by atoms with E-state index < -0.39 is 0 Å². The van der Waals surface area contributed by atoms with E-state index in [4.69, 9.17) is 12.2 Å². The molecule has 0 aliphatic rings. The van der Waals surface area contributed by atoms with Crippen LogP contribution in [0.3, 0.4) is 0 Å². The van der Waals surface area contributed by atoms with E-state index in [9.17, 15) is 5.11 Å². The van der Waals surface area contributed by atoms with E-state index in [1.807, 2.05) is 49.4 Å². The molecule has 0 saturated carbocycles. The maximum atomic E-state index is 10.0. The summed E-state index contributed by atoms with van der Waals surface area (Å²) < 4.78 is 0.840. The lowest BCUT2D eigenvalue weighted by Crippen LogP contribution is -2.04. The number of aromatic nitrogens is 1. The summed E-state index contributed by atoms with van der Waals surface area (Å²) in [5.74, 6) is -0.0472. The molecule has 3 rings (SSSR count). The van der Waals surface area contributed by atoms with E-state index in [0.717, 1.165) is 26.6 Å². The highest BCUT2D eigenvalue weighted by Gasteiger charge is 2.12. The lowest BCUT2D eigenvalue weighted by Gasteiger charge is -2.03. The van der Waals surface area contributed by atoms with Crippen LogP contribution in [0.4, 0.5) is 11.4 Å². The van der Waals surface area contributed by atoms with Crippen LogP contribution in [-0.2, 0) is 0 Å². The van der Waals surface area contributed by atoms with Crippen LogP contribution in [-0.4, -0.2) is 15.2 Å².